The molecule has 0 spiro atoms. The Kier molecular flexibility index (Phi) is 4.29. The Morgan fingerprint density at radius 3 is 3.05 bits per heavy atom. The van der Waals surface area contributed by atoms with Crippen molar-refractivity contribution in [1.82, 2.24) is 14.7 Å². The summed E-state index contributed by atoms with van der Waals surface area (Å²) >= 11 is 0. The highest BCUT2D eigenvalue weighted by Crippen LogP contribution is 2.26. The highest BCUT2D eigenvalue weighted by atomic mass is 16.4. The maximum atomic E-state index is 10.7. The summed E-state index contributed by atoms with van der Waals surface area (Å²) in [6, 6.07) is 5.96. The van der Waals surface area contributed by atoms with Crippen LogP contribution in [0.4, 0.5) is 0 Å². The van der Waals surface area contributed by atoms with Gasteiger partial charge in [0.15, 0.2) is 0 Å². The first-order valence-electron chi connectivity index (χ1n) is 7.63. The molecule has 118 valence electrons. The second kappa shape index (κ2) is 6.36. The van der Waals surface area contributed by atoms with Crippen molar-refractivity contribution in [2.24, 2.45) is 0 Å². The third-order valence-corrected chi connectivity index (χ3v) is 4.06. The van der Waals surface area contributed by atoms with Crippen LogP contribution in [0.5, 0.6) is 0 Å². The molecule has 6 heteroatoms. The molecular weight excluding hydrogens is 282 g/mol. The van der Waals surface area contributed by atoms with Crippen molar-refractivity contribution in [3.8, 4) is 0 Å². The van der Waals surface area contributed by atoms with Crippen molar-refractivity contribution in [1.29, 1.82) is 0 Å². The average molecular weight is 303 g/mol. The molecule has 1 N–H and O–H groups in total. The van der Waals surface area contributed by atoms with Crippen LogP contribution in [-0.2, 0) is 17.9 Å². The number of aromatic nitrogens is 2. The quantitative estimate of drug-likeness (QED) is 0.917. The van der Waals surface area contributed by atoms with E-state index in [2.05, 4.69) is 10.00 Å². The lowest BCUT2D eigenvalue weighted by Gasteiger charge is -2.31. The van der Waals surface area contributed by atoms with Crippen molar-refractivity contribution in [2.75, 3.05) is 13.1 Å². The van der Waals surface area contributed by atoms with Gasteiger partial charge in [0, 0.05) is 18.7 Å². The molecule has 0 radical (unpaired) electrons. The van der Waals surface area contributed by atoms with Crippen molar-refractivity contribution in [3.05, 3.63) is 41.6 Å². The predicted octanol–water partition coefficient (Wildman–Crippen LogP) is 2.25. The largest absolute Gasteiger partial charge is 0.480 e. The van der Waals surface area contributed by atoms with Crippen LogP contribution in [0.15, 0.2) is 28.8 Å². The van der Waals surface area contributed by atoms with E-state index in [1.165, 1.54) is 4.68 Å². The van der Waals surface area contributed by atoms with Gasteiger partial charge in [0.25, 0.3) is 0 Å². The summed E-state index contributed by atoms with van der Waals surface area (Å²) in [5.74, 6) is 1.43. The molecule has 1 fully saturated rings. The highest BCUT2D eigenvalue weighted by Gasteiger charge is 2.24. The van der Waals surface area contributed by atoms with Gasteiger partial charge in [-0.2, -0.15) is 5.10 Å². The van der Waals surface area contributed by atoms with Gasteiger partial charge in [0.1, 0.15) is 18.1 Å². The first kappa shape index (κ1) is 14.8. The molecule has 22 heavy (non-hydrogen) atoms. The molecule has 2 aromatic heterocycles. The maximum Gasteiger partial charge on any atom is 0.325 e. The summed E-state index contributed by atoms with van der Waals surface area (Å²) in [5.41, 5.74) is 0.988. The van der Waals surface area contributed by atoms with Crippen LogP contribution in [0, 0.1) is 6.92 Å². The first-order valence-corrected chi connectivity index (χ1v) is 7.63. The number of carbonyl (C=O) groups is 1. The van der Waals surface area contributed by atoms with Gasteiger partial charge in [-0.1, -0.05) is 0 Å². The number of carboxylic acids is 1. The molecule has 3 rings (SSSR count). The Hall–Kier alpha value is -2.08. The highest BCUT2D eigenvalue weighted by molar-refractivity contribution is 5.66. The number of aryl methyl sites for hydroxylation is 1. The predicted molar refractivity (Wildman–Crippen MR) is 80.6 cm³/mol. The minimum atomic E-state index is -0.867. The molecule has 0 amide bonds. The number of carboxylic acid groups (broad SMARTS) is 1. The van der Waals surface area contributed by atoms with Crippen LogP contribution >= 0.6 is 0 Å². The normalized spacial score (nSPS) is 19.4. The summed E-state index contributed by atoms with van der Waals surface area (Å²) in [5, 5.41) is 13.2. The molecular formula is C16H21N3O3. The molecule has 6 nitrogen and oxygen atoms in total. The zero-order valence-electron chi connectivity index (χ0n) is 12.7. The minimum Gasteiger partial charge on any atom is -0.480 e. The van der Waals surface area contributed by atoms with Crippen LogP contribution < -0.4 is 0 Å². The van der Waals surface area contributed by atoms with Crippen LogP contribution in [0.1, 0.15) is 36.0 Å². The van der Waals surface area contributed by atoms with Gasteiger partial charge < -0.3 is 9.52 Å². The van der Waals surface area contributed by atoms with Gasteiger partial charge >= 0.3 is 5.97 Å². The number of rotatable bonds is 5. The van der Waals surface area contributed by atoms with Crippen LogP contribution in [0.2, 0.25) is 0 Å². The monoisotopic (exact) mass is 303 g/mol. The van der Waals surface area contributed by atoms with Gasteiger partial charge in [-0.25, -0.2) is 0 Å². The Morgan fingerprint density at radius 2 is 2.32 bits per heavy atom. The lowest BCUT2D eigenvalue weighted by atomic mass is 9.95. The van der Waals surface area contributed by atoms with E-state index in [0.717, 1.165) is 49.7 Å². The van der Waals surface area contributed by atoms with Gasteiger partial charge in [-0.05, 0) is 44.5 Å². The molecule has 0 saturated carbocycles. The Bertz CT molecular complexity index is 647. The number of hydrogen-bond acceptors (Lipinski definition) is 4. The zero-order chi connectivity index (χ0) is 15.5. The molecule has 0 aromatic carbocycles. The van der Waals surface area contributed by atoms with E-state index in [4.69, 9.17) is 9.52 Å². The van der Waals surface area contributed by atoms with E-state index < -0.39 is 5.97 Å². The summed E-state index contributed by atoms with van der Waals surface area (Å²) in [7, 11) is 0. The summed E-state index contributed by atoms with van der Waals surface area (Å²) < 4.78 is 7.14. The van der Waals surface area contributed by atoms with Crippen molar-refractivity contribution < 1.29 is 14.3 Å². The van der Waals surface area contributed by atoms with E-state index >= 15 is 0 Å². The second-order valence-electron chi connectivity index (χ2n) is 5.92. The van der Waals surface area contributed by atoms with Gasteiger partial charge in [-0.3, -0.25) is 14.4 Å². The number of aliphatic carboxylic acids is 1. The number of furan rings is 1. The maximum absolute atomic E-state index is 10.7. The number of piperidine rings is 1. The SMILES string of the molecule is Cc1ccc(CN2CCC[C@@H](c3ccn(CC(=O)O)n3)C2)o1. The smallest absolute Gasteiger partial charge is 0.325 e. The first-order chi connectivity index (χ1) is 10.6. The van der Waals surface area contributed by atoms with E-state index in [0.29, 0.717) is 5.92 Å². The average Bonchev–Trinajstić information content (AvgIpc) is 3.08. The van der Waals surface area contributed by atoms with Crippen LogP contribution in [0.3, 0.4) is 0 Å². The Labute approximate surface area is 129 Å². The lowest BCUT2D eigenvalue weighted by molar-refractivity contribution is -0.137. The standard InChI is InChI=1S/C16H21N3O3/c1-12-4-5-14(22-12)10-18-7-2-3-13(9-18)15-6-8-19(17-15)11-16(20)21/h4-6,8,13H,2-3,7,9-11H2,1H3,(H,20,21)/t13-/m1/s1. The molecule has 1 saturated heterocycles. The molecule has 0 unspecified atom stereocenters. The van der Waals surface area contributed by atoms with E-state index in [9.17, 15) is 4.79 Å². The summed E-state index contributed by atoms with van der Waals surface area (Å²) in [6.07, 6.45) is 3.96. The molecule has 0 bridgehead atoms. The second-order valence-corrected chi connectivity index (χ2v) is 5.92. The lowest BCUT2D eigenvalue weighted by Crippen LogP contribution is -2.34. The molecule has 2 aromatic rings. The molecule has 0 aliphatic carbocycles. The minimum absolute atomic E-state index is 0.0812. The van der Waals surface area contributed by atoms with Crippen LogP contribution in [-0.4, -0.2) is 38.8 Å². The van der Waals surface area contributed by atoms with Gasteiger partial charge in [0.05, 0.1) is 12.2 Å². The third kappa shape index (κ3) is 3.57. The topological polar surface area (TPSA) is 71.5 Å². The van der Waals surface area contributed by atoms with Gasteiger partial charge in [0.2, 0.25) is 0 Å². The van der Waals surface area contributed by atoms with Crippen molar-refractivity contribution in [2.45, 2.75) is 38.8 Å². The van der Waals surface area contributed by atoms with Gasteiger partial charge in [-0.15, -0.1) is 0 Å². The fraction of sp³-hybridized carbons (Fsp3) is 0.500. The molecule has 1 atom stereocenters. The fourth-order valence-corrected chi connectivity index (χ4v) is 3.05. The number of likely N-dealkylation sites (tertiary alicyclic amines) is 1. The van der Waals surface area contributed by atoms with Crippen molar-refractivity contribution >= 4 is 5.97 Å². The summed E-state index contributed by atoms with van der Waals surface area (Å²) in [6.45, 7) is 4.69. The van der Waals surface area contributed by atoms with E-state index in [-0.39, 0.29) is 6.54 Å². The van der Waals surface area contributed by atoms with E-state index in [1.54, 1.807) is 6.20 Å². The van der Waals surface area contributed by atoms with E-state index in [1.807, 2.05) is 25.1 Å². The zero-order valence-corrected chi connectivity index (χ0v) is 12.7. The molecule has 3 heterocycles. The van der Waals surface area contributed by atoms with Crippen LogP contribution in [0.25, 0.3) is 0 Å². The number of nitrogens with zero attached hydrogens (tertiary/aromatic N) is 3. The summed E-state index contributed by atoms with van der Waals surface area (Å²) in [4.78, 5) is 13.1. The Morgan fingerprint density at radius 1 is 1.45 bits per heavy atom. The number of hydrogen-bond donors (Lipinski definition) is 1. The fourth-order valence-electron chi connectivity index (χ4n) is 3.05. The molecule has 1 aliphatic heterocycles. The molecule has 1 aliphatic rings. The van der Waals surface area contributed by atoms with Crippen molar-refractivity contribution in [3.63, 3.8) is 0 Å². The third-order valence-electron chi connectivity index (χ3n) is 4.06. The Balaban J connectivity index is 1.62.